The third kappa shape index (κ3) is 5.54. The number of ether oxygens (including phenoxy) is 2. The minimum Gasteiger partial charge on any atom is -0.454 e. The summed E-state index contributed by atoms with van der Waals surface area (Å²) in [6.45, 7) is 2.38. The molecule has 4 rings (SSSR count). The number of hydrogen-bond donors (Lipinski definition) is 1. The van der Waals surface area contributed by atoms with Gasteiger partial charge < -0.3 is 19.7 Å². The van der Waals surface area contributed by atoms with Crippen LogP contribution in [0.1, 0.15) is 50.2 Å². The first kappa shape index (κ1) is 22.5. The van der Waals surface area contributed by atoms with Gasteiger partial charge in [-0.25, -0.2) is 0 Å². The highest BCUT2D eigenvalue weighted by Gasteiger charge is 2.28. The van der Waals surface area contributed by atoms with Crippen molar-refractivity contribution in [3.8, 4) is 11.5 Å². The molecule has 2 amide bonds. The summed E-state index contributed by atoms with van der Waals surface area (Å²) in [7, 11) is 0. The lowest BCUT2D eigenvalue weighted by Crippen LogP contribution is -2.49. The van der Waals surface area contributed by atoms with Crippen LogP contribution in [0.25, 0.3) is 0 Å². The molecule has 0 bridgehead atoms. The molecule has 0 aromatic heterocycles. The largest absolute Gasteiger partial charge is 0.454 e. The molecule has 1 saturated carbocycles. The SMILES string of the molecule is C[C@H](C(=O)NC1CCCC1)N(Cc1ccc(Cl)cc1)C(=O)CCc1ccc2c(c1)OCO2. The molecule has 0 unspecified atom stereocenters. The van der Waals surface area contributed by atoms with Crippen molar-refractivity contribution in [1.82, 2.24) is 10.2 Å². The molecule has 1 aliphatic carbocycles. The Kier molecular flexibility index (Phi) is 7.20. The third-order valence-electron chi connectivity index (χ3n) is 6.20. The zero-order chi connectivity index (χ0) is 22.5. The Morgan fingerprint density at radius 1 is 1.06 bits per heavy atom. The number of halogens is 1. The molecule has 1 fully saturated rings. The van der Waals surface area contributed by atoms with Crippen LogP contribution in [0.15, 0.2) is 42.5 Å². The van der Waals surface area contributed by atoms with Gasteiger partial charge in [-0.1, -0.05) is 42.6 Å². The molecule has 7 heteroatoms. The molecular weight excluding hydrogens is 428 g/mol. The third-order valence-corrected chi connectivity index (χ3v) is 6.45. The van der Waals surface area contributed by atoms with E-state index in [2.05, 4.69) is 5.32 Å². The molecule has 2 aliphatic rings. The van der Waals surface area contributed by atoms with E-state index >= 15 is 0 Å². The fraction of sp³-hybridized carbons (Fsp3) is 0.440. The number of fused-ring (bicyclic) bond motifs is 1. The Bertz CT molecular complexity index is 957. The van der Waals surface area contributed by atoms with Crippen LogP contribution in [0.5, 0.6) is 11.5 Å². The molecule has 170 valence electrons. The Hall–Kier alpha value is -2.73. The molecule has 6 nitrogen and oxygen atoms in total. The summed E-state index contributed by atoms with van der Waals surface area (Å²) >= 11 is 6.01. The van der Waals surface area contributed by atoms with E-state index in [1.165, 1.54) is 0 Å². The van der Waals surface area contributed by atoms with Gasteiger partial charge in [-0.2, -0.15) is 0 Å². The first-order valence-electron chi connectivity index (χ1n) is 11.2. The highest BCUT2D eigenvalue weighted by atomic mass is 35.5. The highest BCUT2D eigenvalue weighted by Crippen LogP contribution is 2.32. The van der Waals surface area contributed by atoms with Gasteiger partial charge >= 0.3 is 0 Å². The number of amides is 2. The lowest BCUT2D eigenvalue weighted by atomic mass is 10.1. The zero-order valence-corrected chi connectivity index (χ0v) is 19.1. The van der Waals surface area contributed by atoms with Gasteiger partial charge in [0.2, 0.25) is 18.6 Å². The van der Waals surface area contributed by atoms with Crippen molar-refractivity contribution in [2.24, 2.45) is 0 Å². The molecule has 0 spiro atoms. The van der Waals surface area contributed by atoms with Gasteiger partial charge in [-0.15, -0.1) is 0 Å². The topological polar surface area (TPSA) is 67.9 Å². The van der Waals surface area contributed by atoms with Gasteiger partial charge in [0.1, 0.15) is 6.04 Å². The van der Waals surface area contributed by atoms with Gasteiger partial charge in [0.15, 0.2) is 11.5 Å². The predicted octanol–water partition coefficient (Wildman–Crippen LogP) is 4.48. The van der Waals surface area contributed by atoms with Crippen molar-refractivity contribution in [3.63, 3.8) is 0 Å². The first-order valence-corrected chi connectivity index (χ1v) is 11.6. The second kappa shape index (κ2) is 10.3. The molecule has 1 aliphatic heterocycles. The van der Waals surface area contributed by atoms with Gasteiger partial charge in [-0.3, -0.25) is 9.59 Å². The van der Waals surface area contributed by atoms with Crippen molar-refractivity contribution >= 4 is 23.4 Å². The summed E-state index contributed by atoms with van der Waals surface area (Å²) in [4.78, 5) is 27.9. The lowest BCUT2D eigenvalue weighted by Gasteiger charge is -2.30. The average Bonchev–Trinajstić information content (AvgIpc) is 3.48. The molecule has 1 N–H and O–H groups in total. The van der Waals surface area contributed by atoms with Crippen molar-refractivity contribution in [2.45, 2.75) is 64.1 Å². The van der Waals surface area contributed by atoms with Gasteiger partial charge in [0.25, 0.3) is 0 Å². The maximum absolute atomic E-state index is 13.3. The van der Waals surface area contributed by atoms with Crippen LogP contribution >= 0.6 is 11.6 Å². The van der Waals surface area contributed by atoms with E-state index in [1.807, 2.05) is 30.3 Å². The van der Waals surface area contributed by atoms with E-state index in [0.29, 0.717) is 30.2 Å². The number of nitrogens with zero attached hydrogens (tertiary/aromatic N) is 1. The van der Waals surface area contributed by atoms with Gasteiger partial charge in [-0.05, 0) is 61.6 Å². The molecule has 0 radical (unpaired) electrons. The Balaban J connectivity index is 1.44. The molecular formula is C25H29ClN2O4. The zero-order valence-electron chi connectivity index (χ0n) is 18.3. The maximum atomic E-state index is 13.3. The average molecular weight is 457 g/mol. The lowest BCUT2D eigenvalue weighted by molar-refractivity contribution is -0.140. The summed E-state index contributed by atoms with van der Waals surface area (Å²) in [5, 5.41) is 3.77. The van der Waals surface area contributed by atoms with Crippen LogP contribution in [-0.2, 0) is 22.6 Å². The van der Waals surface area contributed by atoms with E-state index in [0.717, 1.165) is 42.6 Å². The molecule has 2 aromatic carbocycles. The molecule has 1 heterocycles. The van der Waals surface area contributed by atoms with Crippen LogP contribution < -0.4 is 14.8 Å². The summed E-state index contributed by atoms with van der Waals surface area (Å²) < 4.78 is 10.8. The number of nitrogens with one attached hydrogen (secondary N) is 1. The second-order valence-electron chi connectivity index (χ2n) is 8.50. The fourth-order valence-electron chi connectivity index (χ4n) is 4.25. The Labute approximate surface area is 193 Å². The van der Waals surface area contributed by atoms with E-state index in [4.69, 9.17) is 21.1 Å². The van der Waals surface area contributed by atoms with E-state index in [1.54, 1.807) is 24.0 Å². The van der Waals surface area contributed by atoms with Crippen molar-refractivity contribution in [1.29, 1.82) is 0 Å². The van der Waals surface area contributed by atoms with Crippen LogP contribution in [0.2, 0.25) is 5.02 Å². The summed E-state index contributed by atoms with van der Waals surface area (Å²) in [6, 6.07) is 12.8. The van der Waals surface area contributed by atoms with Crippen LogP contribution in [0, 0.1) is 0 Å². The predicted molar refractivity (Wildman–Crippen MR) is 123 cm³/mol. The van der Waals surface area contributed by atoms with E-state index in [-0.39, 0.29) is 24.6 Å². The number of rotatable bonds is 8. The fourth-order valence-corrected chi connectivity index (χ4v) is 4.38. The van der Waals surface area contributed by atoms with E-state index < -0.39 is 6.04 Å². The first-order chi connectivity index (χ1) is 15.5. The molecule has 32 heavy (non-hydrogen) atoms. The van der Waals surface area contributed by atoms with Crippen molar-refractivity contribution in [3.05, 3.63) is 58.6 Å². The van der Waals surface area contributed by atoms with Gasteiger partial charge in [0, 0.05) is 24.0 Å². The summed E-state index contributed by atoms with van der Waals surface area (Å²) in [6.07, 6.45) is 5.16. The smallest absolute Gasteiger partial charge is 0.242 e. The Morgan fingerprint density at radius 2 is 1.75 bits per heavy atom. The number of hydrogen-bond acceptors (Lipinski definition) is 4. The van der Waals surface area contributed by atoms with E-state index in [9.17, 15) is 9.59 Å². The number of aryl methyl sites for hydroxylation is 1. The number of carbonyl (C=O) groups is 2. The summed E-state index contributed by atoms with van der Waals surface area (Å²) in [5.41, 5.74) is 1.93. The van der Waals surface area contributed by atoms with Gasteiger partial charge in [0.05, 0.1) is 0 Å². The monoisotopic (exact) mass is 456 g/mol. The number of benzene rings is 2. The normalized spacial score (nSPS) is 16.1. The van der Waals surface area contributed by atoms with Crippen LogP contribution in [0.3, 0.4) is 0 Å². The van der Waals surface area contributed by atoms with Crippen molar-refractivity contribution in [2.75, 3.05) is 6.79 Å². The summed E-state index contributed by atoms with van der Waals surface area (Å²) in [5.74, 6) is 1.27. The molecule has 1 atom stereocenters. The van der Waals surface area contributed by atoms with Crippen LogP contribution in [0.4, 0.5) is 0 Å². The minimum atomic E-state index is -0.560. The molecule has 0 saturated heterocycles. The van der Waals surface area contributed by atoms with Crippen LogP contribution in [-0.4, -0.2) is 35.6 Å². The molecule has 2 aromatic rings. The second-order valence-corrected chi connectivity index (χ2v) is 8.94. The maximum Gasteiger partial charge on any atom is 0.242 e. The standard InChI is InChI=1S/C25H29ClN2O4/c1-17(25(30)27-21-4-2-3-5-21)28(15-19-6-10-20(26)11-7-19)24(29)13-9-18-8-12-22-23(14-18)32-16-31-22/h6-8,10-12,14,17,21H,2-5,9,13,15-16H2,1H3,(H,27,30)/t17-/m1/s1. The minimum absolute atomic E-state index is 0.0633. The quantitative estimate of drug-likeness (QED) is 0.636. The van der Waals surface area contributed by atoms with Crippen molar-refractivity contribution < 1.29 is 19.1 Å². The highest BCUT2D eigenvalue weighted by molar-refractivity contribution is 6.30. The Morgan fingerprint density at radius 3 is 2.50 bits per heavy atom. The number of carbonyl (C=O) groups excluding carboxylic acids is 2.